The zero-order valence-corrected chi connectivity index (χ0v) is 21.9. The molecule has 1 unspecified atom stereocenters. The van der Waals surface area contributed by atoms with Crippen molar-refractivity contribution in [2.45, 2.75) is 162 Å². The first kappa shape index (κ1) is 28.4. The third-order valence-corrected chi connectivity index (χ3v) is 7.03. The van der Waals surface area contributed by atoms with Gasteiger partial charge in [-0.3, -0.25) is 0 Å². The molecule has 0 bridgehead atoms. The summed E-state index contributed by atoms with van der Waals surface area (Å²) in [5, 5.41) is 0. The van der Waals surface area contributed by atoms with E-state index in [0.717, 1.165) is 0 Å². The van der Waals surface area contributed by atoms with Crippen LogP contribution in [0.4, 0.5) is 0 Å². The Morgan fingerprint density at radius 2 is 0.806 bits per heavy atom. The lowest BCUT2D eigenvalue weighted by Crippen LogP contribution is -2.39. The Kier molecular flexibility index (Phi) is 19.4. The van der Waals surface area contributed by atoms with Crippen LogP contribution in [0.3, 0.4) is 0 Å². The van der Waals surface area contributed by atoms with Gasteiger partial charge in [-0.2, -0.15) is 0 Å². The minimum absolute atomic E-state index is 0.642. The third-order valence-electron chi connectivity index (χ3n) is 7.03. The minimum Gasteiger partial charge on any atom is -0.356 e. The van der Waals surface area contributed by atoms with E-state index in [1.54, 1.807) is 0 Å². The summed E-state index contributed by atoms with van der Waals surface area (Å²) in [5.41, 5.74) is 0. The summed E-state index contributed by atoms with van der Waals surface area (Å²) >= 11 is 0. The summed E-state index contributed by atoms with van der Waals surface area (Å²) in [6.07, 6.45) is 35.2. The first-order valence-corrected chi connectivity index (χ1v) is 14.5. The smallest absolute Gasteiger partial charge is 0.101 e. The number of nitrogens with zero attached hydrogens (tertiary/aromatic N) is 2. The van der Waals surface area contributed by atoms with Crippen LogP contribution in [0.25, 0.3) is 0 Å². The normalized spacial score (nSPS) is 16.0. The van der Waals surface area contributed by atoms with Gasteiger partial charge in [0, 0.05) is 25.5 Å². The highest BCUT2D eigenvalue weighted by Gasteiger charge is 2.24. The molecule has 1 atom stereocenters. The predicted molar refractivity (Wildman–Crippen MR) is 140 cm³/mol. The van der Waals surface area contributed by atoms with Crippen molar-refractivity contribution in [3.8, 4) is 0 Å². The summed E-state index contributed by atoms with van der Waals surface area (Å²) in [4.78, 5) is 5.26. The van der Waals surface area contributed by atoms with Crippen LogP contribution in [0.5, 0.6) is 0 Å². The van der Waals surface area contributed by atoms with Gasteiger partial charge in [0.25, 0.3) is 0 Å². The van der Waals surface area contributed by atoms with E-state index in [9.17, 15) is 0 Å². The summed E-state index contributed by atoms with van der Waals surface area (Å²) in [6.45, 7) is 9.39. The predicted octanol–water partition coefficient (Wildman–Crippen LogP) is 9.65. The van der Waals surface area contributed by atoms with Gasteiger partial charge in [0.2, 0.25) is 0 Å². The van der Waals surface area contributed by atoms with Crippen molar-refractivity contribution >= 4 is 0 Å². The molecule has 2 heteroatoms. The second kappa shape index (κ2) is 21.2. The average Bonchev–Trinajstić information content (AvgIpc) is 3.15. The minimum atomic E-state index is 0.642. The van der Waals surface area contributed by atoms with Crippen molar-refractivity contribution in [3.63, 3.8) is 0 Å². The molecule has 0 aliphatic carbocycles. The SMILES string of the molecule is CCCCCCCCCCCCCCCC1N(CCC)C=CN1CCCCCCCC. The molecule has 0 aromatic rings. The highest BCUT2D eigenvalue weighted by Crippen LogP contribution is 2.23. The fourth-order valence-corrected chi connectivity index (χ4v) is 5.02. The lowest BCUT2D eigenvalue weighted by molar-refractivity contribution is 0.137. The van der Waals surface area contributed by atoms with Crippen LogP contribution >= 0.6 is 0 Å². The second-order valence-electron chi connectivity index (χ2n) is 10.1. The molecular formula is C29H58N2. The van der Waals surface area contributed by atoms with E-state index < -0.39 is 0 Å². The molecule has 0 aromatic heterocycles. The zero-order valence-electron chi connectivity index (χ0n) is 21.9. The van der Waals surface area contributed by atoms with Crippen molar-refractivity contribution < 1.29 is 0 Å². The van der Waals surface area contributed by atoms with Crippen LogP contribution < -0.4 is 0 Å². The molecule has 0 saturated carbocycles. The molecule has 1 aliphatic heterocycles. The van der Waals surface area contributed by atoms with Crippen LogP contribution in [0.2, 0.25) is 0 Å². The Bertz CT molecular complexity index is 392. The molecule has 0 aromatic carbocycles. The number of unbranched alkanes of at least 4 members (excludes halogenated alkanes) is 17. The fourth-order valence-electron chi connectivity index (χ4n) is 5.02. The Labute approximate surface area is 197 Å². The van der Waals surface area contributed by atoms with Gasteiger partial charge < -0.3 is 9.80 Å². The maximum atomic E-state index is 2.65. The monoisotopic (exact) mass is 434 g/mol. The lowest BCUT2D eigenvalue weighted by Gasteiger charge is -2.33. The highest BCUT2D eigenvalue weighted by atomic mass is 15.4. The van der Waals surface area contributed by atoms with E-state index in [-0.39, 0.29) is 0 Å². The molecule has 0 spiro atoms. The quantitative estimate of drug-likeness (QED) is 0.148. The van der Waals surface area contributed by atoms with E-state index in [0.29, 0.717) is 6.17 Å². The van der Waals surface area contributed by atoms with Crippen molar-refractivity contribution in [2.75, 3.05) is 13.1 Å². The average molecular weight is 435 g/mol. The van der Waals surface area contributed by atoms with E-state index in [1.165, 1.54) is 148 Å². The van der Waals surface area contributed by atoms with Crippen LogP contribution in [-0.2, 0) is 0 Å². The third kappa shape index (κ3) is 14.9. The van der Waals surface area contributed by atoms with Crippen molar-refractivity contribution in [3.05, 3.63) is 12.4 Å². The Balaban J connectivity index is 2.05. The van der Waals surface area contributed by atoms with Gasteiger partial charge >= 0.3 is 0 Å². The largest absolute Gasteiger partial charge is 0.356 e. The molecule has 2 nitrogen and oxygen atoms in total. The van der Waals surface area contributed by atoms with Crippen LogP contribution in [-0.4, -0.2) is 29.1 Å². The van der Waals surface area contributed by atoms with Gasteiger partial charge in [0.15, 0.2) is 0 Å². The molecule has 1 aliphatic rings. The summed E-state index contributed by atoms with van der Waals surface area (Å²) < 4.78 is 0. The molecular weight excluding hydrogens is 376 g/mol. The van der Waals surface area contributed by atoms with Gasteiger partial charge in [0.05, 0.1) is 0 Å². The number of rotatable bonds is 23. The van der Waals surface area contributed by atoms with Gasteiger partial charge in [-0.25, -0.2) is 0 Å². The second-order valence-corrected chi connectivity index (χ2v) is 10.1. The van der Waals surface area contributed by atoms with E-state index in [4.69, 9.17) is 0 Å². The van der Waals surface area contributed by atoms with E-state index in [1.807, 2.05) is 0 Å². The zero-order chi connectivity index (χ0) is 22.4. The van der Waals surface area contributed by atoms with Gasteiger partial charge in [-0.1, -0.05) is 130 Å². The summed E-state index contributed by atoms with van der Waals surface area (Å²) in [6, 6.07) is 0. The van der Waals surface area contributed by atoms with Gasteiger partial charge in [-0.15, -0.1) is 0 Å². The molecule has 0 amide bonds. The molecule has 1 heterocycles. The van der Waals surface area contributed by atoms with Crippen molar-refractivity contribution in [1.29, 1.82) is 0 Å². The van der Waals surface area contributed by atoms with Gasteiger partial charge in [-0.05, 0) is 25.7 Å². The number of hydrogen-bond donors (Lipinski definition) is 0. The first-order chi connectivity index (χ1) is 15.3. The molecule has 0 saturated heterocycles. The van der Waals surface area contributed by atoms with Crippen LogP contribution in [0.15, 0.2) is 12.4 Å². The lowest BCUT2D eigenvalue weighted by atomic mass is 10.0. The van der Waals surface area contributed by atoms with E-state index >= 15 is 0 Å². The Morgan fingerprint density at radius 1 is 0.419 bits per heavy atom. The fraction of sp³-hybridized carbons (Fsp3) is 0.931. The molecule has 0 fully saturated rings. The molecule has 1 rings (SSSR count). The standard InChI is InChI=1S/C29H58N2/c1-4-7-9-11-13-14-15-16-17-18-19-20-22-24-29-30(25-6-3)27-28-31(29)26-23-21-12-10-8-5-2/h27-29H,4-26H2,1-3H3. The van der Waals surface area contributed by atoms with E-state index in [2.05, 4.69) is 43.0 Å². The summed E-state index contributed by atoms with van der Waals surface area (Å²) in [7, 11) is 0. The Morgan fingerprint density at radius 3 is 1.26 bits per heavy atom. The molecule has 31 heavy (non-hydrogen) atoms. The topological polar surface area (TPSA) is 6.48 Å². The van der Waals surface area contributed by atoms with Gasteiger partial charge in [0.1, 0.15) is 6.17 Å². The highest BCUT2D eigenvalue weighted by molar-refractivity contribution is 4.96. The molecule has 0 N–H and O–H groups in total. The summed E-state index contributed by atoms with van der Waals surface area (Å²) in [5.74, 6) is 0. The maximum absolute atomic E-state index is 2.65. The van der Waals surface area contributed by atoms with Crippen LogP contribution in [0.1, 0.15) is 156 Å². The maximum Gasteiger partial charge on any atom is 0.101 e. The van der Waals surface area contributed by atoms with Crippen molar-refractivity contribution in [2.24, 2.45) is 0 Å². The molecule has 0 radical (unpaired) electrons. The number of hydrogen-bond acceptors (Lipinski definition) is 2. The van der Waals surface area contributed by atoms with Crippen molar-refractivity contribution in [1.82, 2.24) is 9.80 Å². The molecule has 184 valence electrons. The first-order valence-electron chi connectivity index (χ1n) is 14.5. The van der Waals surface area contributed by atoms with Crippen LogP contribution in [0, 0.1) is 0 Å². The Hall–Kier alpha value is -0.660.